The van der Waals surface area contributed by atoms with Crippen molar-refractivity contribution in [2.24, 2.45) is 5.92 Å². The standard InChI is InChI=1S/C10H18O/c1-4-10(6-5-7-11)8-9(2)3/h5-6,8-9,11H,4,7H2,1-3H3/b6-5+,10-8+. The maximum Gasteiger partial charge on any atom is 0.0615 e. The number of hydrogen-bond acceptors (Lipinski definition) is 1. The van der Waals surface area contributed by atoms with E-state index in [0.717, 1.165) is 6.42 Å². The molecule has 0 aromatic heterocycles. The number of rotatable bonds is 4. The Morgan fingerprint density at radius 1 is 1.45 bits per heavy atom. The van der Waals surface area contributed by atoms with Crippen molar-refractivity contribution < 1.29 is 5.11 Å². The van der Waals surface area contributed by atoms with Crippen molar-refractivity contribution in [3.05, 3.63) is 23.8 Å². The molecule has 0 unspecified atom stereocenters. The fourth-order valence-corrected chi connectivity index (χ4v) is 0.923. The summed E-state index contributed by atoms with van der Waals surface area (Å²) >= 11 is 0. The Bertz CT molecular complexity index is 143. The average molecular weight is 154 g/mol. The first-order valence-corrected chi connectivity index (χ1v) is 4.18. The van der Waals surface area contributed by atoms with Gasteiger partial charge in [0.05, 0.1) is 6.61 Å². The SMILES string of the molecule is CCC(/C=C/CO)=C\C(C)C. The van der Waals surface area contributed by atoms with Crippen LogP contribution in [0, 0.1) is 5.92 Å². The van der Waals surface area contributed by atoms with Crippen LogP contribution in [0.2, 0.25) is 0 Å². The summed E-state index contributed by atoms with van der Waals surface area (Å²) in [6.07, 6.45) is 7.01. The summed E-state index contributed by atoms with van der Waals surface area (Å²) in [6, 6.07) is 0. The molecule has 1 heteroatoms. The molecule has 1 nitrogen and oxygen atoms in total. The van der Waals surface area contributed by atoms with E-state index in [-0.39, 0.29) is 6.61 Å². The minimum Gasteiger partial charge on any atom is -0.392 e. The van der Waals surface area contributed by atoms with E-state index in [1.54, 1.807) is 6.08 Å². The van der Waals surface area contributed by atoms with Crippen molar-refractivity contribution in [3.8, 4) is 0 Å². The lowest BCUT2D eigenvalue weighted by Crippen LogP contribution is -1.84. The van der Waals surface area contributed by atoms with Crippen LogP contribution >= 0.6 is 0 Å². The molecule has 0 aliphatic heterocycles. The predicted molar refractivity (Wildman–Crippen MR) is 49.4 cm³/mol. The third kappa shape index (κ3) is 5.86. The van der Waals surface area contributed by atoms with E-state index in [1.807, 2.05) is 6.08 Å². The molecule has 0 radical (unpaired) electrons. The molecule has 0 fully saturated rings. The molecular weight excluding hydrogens is 136 g/mol. The van der Waals surface area contributed by atoms with E-state index in [1.165, 1.54) is 5.57 Å². The van der Waals surface area contributed by atoms with Gasteiger partial charge < -0.3 is 5.11 Å². The van der Waals surface area contributed by atoms with Gasteiger partial charge in [0.25, 0.3) is 0 Å². The second-order valence-corrected chi connectivity index (χ2v) is 2.92. The molecule has 64 valence electrons. The van der Waals surface area contributed by atoms with Gasteiger partial charge in [0.15, 0.2) is 0 Å². The van der Waals surface area contributed by atoms with Crippen molar-refractivity contribution in [1.82, 2.24) is 0 Å². The van der Waals surface area contributed by atoms with E-state index in [4.69, 9.17) is 5.11 Å². The monoisotopic (exact) mass is 154 g/mol. The van der Waals surface area contributed by atoms with Crippen molar-refractivity contribution in [2.45, 2.75) is 27.2 Å². The maximum atomic E-state index is 8.53. The lowest BCUT2D eigenvalue weighted by molar-refractivity contribution is 0.342. The molecule has 11 heavy (non-hydrogen) atoms. The van der Waals surface area contributed by atoms with Gasteiger partial charge in [-0.1, -0.05) is 44.6 Å². The Hall–Kier alpha value is -0.560. The number of allylic oxidation sites excluding steroid dienone is 3. The van der Waals surface area contributed by atoms with Gasteiger partial charge in [-0.05, 0) is 12.3 Å². The largest absolute Gasteiger partial charge is 0.392 e. The van der Waals surface area contributed by atoms with Gasteiger partial charge in [-0.2, -0.15) is 0 Å². The lowest BCUT2D eigenvalue weighted by atomic mass is 10.1. The molecule has 0 saturated heterocycles. The number of hydrogen-bond donors (Lipinski definition) is 1. The Balaban J connectivity index is 4.04. The Kier molecular flexibility index (Phi) is 5.86. The van der Waals surface area contributed by atoms with E-state index >= 15 is 0 Å². The second kappa shape index (κ2) is 6.17. The van der Waals surface area contributed by atoms with Gasteiger partial charge in [-0.25, -0.2) is 0 Å². The van der Waals surface area contributed by atoms with Crippen LogP contribution in [0.25, 0.3) is 0 Å². The van der Waals surface area contributed by atoms with Gasteiger partial charge in [0.2, 0.25) is 0 Å². The third-order valence-corrected chi connectivity index (χ3v) is 1.39. The fraction of sp³-hybridized carbons (Fsp3) is 0.600. The zero-order valence-corrected chi connectivity index (χ0v) is 7.67. The van der Waals surface area contributed by atoms with E-state index < -0.39 is 0 Å². The van der Waals surface area contributed by atoms with Crippen LogP contribution in [0.1, 0.15) is 27.2 Å². The predicted octanol–water partition coefficient (Wildman–Crippen LogP) is 2.53. The summed E-state index contributed by atoms with van der Waals surface area (Å²) in [7, 11) is 0. The molecular formula is C10H18O. The highest BCUT2D eigenvalue weighted by atomic mass is 16.2. The summed E-state index contributed by atoms with van der Waals surface area (Å²) < 4.78 is 0. The summed E-state index contributed by atoms with van der Waals surface area (Å²) in [5.74, 6) is 0.591. The second-order valence-electron chi connectivity index (χ2n) is 2.92. The zero-order chi connectivity index (χ0) is 8.69. The fourth-order valence-electron chi connectivity index (χ4n) is 0.923. The molecule has 0 aliphatic carbocycles. The van der Waals surface area contributed by atoms with E-state index in [9.17, 15) is 0 Å². The molecule has 0 atom stereocenters. The third-order valence-electron chi connectivity index (χ3n) is 1.39. The highest BCUT2D eigenvalue weighted by Crippen LogP contribution is 2.07. The van der Waals surface area contributed by atoms with Crippen LogP contribution in [0.3, 0.4) is 0 Å². The quantitative estimate of drug-likeness (QED) is 0.617. The molecule has 0 aromatic rings. The average Bonchev–Trinajstić information content (AvgIpc) is 1.97. The summed E-state index contributed by atoms with van der Waals surface area (Å²) in [6.45, 7) is 6.57. The van der Waals surface area contributed by atoms with E-state index in [0.29, 0.717) is 5.92 Å². The minimum absolute atomic E-state index is 0.134. The molecule has 0 rings (SSSR count). The summed E-state index contributed by atoms with van der Waals surface area (Å²) in [5, 5.41) is 8.53. The van der Waals surface area contributed by atoms with Gasteiger partial charge in [0, 0.05) is 0 Å². The van der Waals surface area contributed by atoms with Crippen molar-refractivity contribution in [2.75, 3.05) is 6.61 Å². The molecule has 0 spiro atoms. The smallest absolute Gasteiger partial charge is 0.0615 e. The summed E-state index contributed by atoms with van der Waals surface area (Å²) in [5.41, 5.74) is 1.30. The maximum absolute atomic E-state index is 8.53. The van der Waals surface area contributed by atoms with Crippen LogP contribution in [0.15, 0.2) is 23.8 Å². The highest BCUT2D eigenvalue weighted by molar-refractivity contribution is 5.18. The van der Waals surface area contributed by atoms with Crippen molar-refractivity contribution in [1.29, 1.82) is 0 Å². The summed E-state index contributed by atoms with van der Waals surface area (Å²) in [4.78, 5) is 0. The first kappa shape index (κ1) is 10.4. The molecule has 0 heterocycles. The van der Waals surface area contributed by atoms with Crippen molar-refractivity contribution in [3.63, 3.8) is 0 Å². The molecule has 0 saturated carbocycles. The van der Waals surface area contributed by atoms with Crippen LogP contribution < -0.4 is 0 Å². The Morgan fingerprint density at radius 3 is 2.45 bits per heavy atom. The normalized spacial score (nSPS) is 13.4. The van der Waals surface area contributed by atoms with Gasteiger partial charge in [-0.15, -0.1) is 0 Å². The molecule has 0 bridgehead atoms. The Labute approximate surface area is 69.4 Å². The molecule has 0 aliphatic rings. The van der Waals surface area contributed by atoms with Crippen LogP contribution in [-0.4, -0.2) is 11.7 Å². The van der Waals surface area contributed by atoms with E-state index in [2.05, 4.69) is 26.8 Å². The van der Waals surface area contributed by atoms with Crippen LogP contribution in [-0.2, 0) is 0 Å². The van der Waals surface area contributed by atoms with Gasteiger partial charge in [-0.3, -0.25) is 0 Å². The number of aliphatic hydroxyl groups excluding tert-OH is 1. The Morgan fingerprint density at radius 2 is 2.09 bits per heavy atom. The molecule has 0 amide bonds. The topological polar surface area (TPSA) is 20.2 Å². The molecule has 1 N–H and O–H groups in total. The van der Waals surface area contributed by atoms with Crippen molar-refractivity contribution >= 4 is 0 Å². The molecule has 0 aromatic carbocycles. The highest BCUT2D eigenvalue weighted by Gasteiger charge is 1.90. The first-order valence-electron chi connectivity index (χ1n) is 4.18. The minimum atomic E-state index is 0.134. The van der Waals surface area contributed by atoms with Crippen LogP contribution in [0.5, 0.6) is 0 Å². The lowest BCUT2D eigenvalue weighted by Gasteiger charge is -1.99. The van der Waals surface area contributed by atoms with Gasteiger partial charge >= 0.3 is 0 Å². The first-order chi connectivity index (χ1) is 5.20. The number of aliphatic hydroxyl groups is 1. The van der Waals surface area contributed by atoms with Gasteiger partial charge in [0.1, 0.15) is 0 Å². The van der Waals surface area contributed by atoms with Crippen LogP contribution in [0.4, 0.5) is 0 Å². The zero-order valence-electron chi connectivity index (χ0n) is 7.67.